The molecule has 2 aromatic rings. The number of carbonyl (C=O) groups excluding carboxylic acids is 2. The lowest BCUT2D eigenvalue weighted by molar-refractivity contribution is -0.274. The minimum atomic E-state index is -4.77. The molecule has 6 nitrogen and oxygen atoms in total. The van der Waals surface area contributed by atoms with E-state index in [-0.39, 0.29) is 24.7 Å². The first kappa shape index (κ1) is 20.2. The van der Waals surface area contributed by atoms with Gasteiger partial charge < -0.3 is 15.4 Å². The van der Waals surface area contributed by atoms with Crippen LogP contribution in [0, 0.1) is 0 Å². The molecule has 0 aromatic heterocycles. The SMILES string of the molecule is CN(CC(=O)Nc1ccccc1)CC(=O)Nc1ccc(OC(F)(F)F)cc1. The lowest BCUT2D eigenvalue weighted by Gasteiger charge is -2.16. The number of carbonyl (C=O) groups is 2. The molecule has 144 valence electrons. The third kappa shape index (κ3) is 7.78. The number of alkyl halides is 3. The van der Waals surface area contributed by atoms with Crippen LogP contribution in [0.1, 0.15) is 0 Å². The Morgan fingerprint density at radius 1 is 0.889 bits per heavy atom. The molecule has 2 rings (SSSR count). The van der Waals surface area contributed by atoms with Crippen molar-refractivity contribution in [1.82, 2.24) is 4.90 Å². The maximum atomic E-state index is 12.1. The zero-order valence-corrected chi connectivity index (χ0v) is 14.4. The van der Waals surface area contributed by atoms with Crippen molar-refractivity contribution in [2.24, 2.45) is 0 Å². The third-order valence-corrected chi connectivity index (χ3v) is 3.26. The molecule has 9 heteroatoms. The minimum absolute atomic E-state index is 0.000669. The highest BCUT2D eigenvalue weighted by Gasteiger charge is 2.30. The Morgan fingerprint density at radius 3 is 1.85 bits per heavy atom. The number of anilines is 2. The summed E-state index contributed by atoms with van der Waals surface area (Å²) in [5, 5.41) is 5.24. The Bertz CT molecular complexity index is 765. The van der Waals surface area contributed by atoms with Gasteiger partial charge >= 0.3 is 6.36 Å². The molecule has 0 saturated heterocycles. The Hall–Kier alpha value is -3.07. The van der Waals surface area contributed by atoms with Gasteiger partial charge in [0, 0.05) is 11.4 Å². The van der Waals surface area contributed by atoms with Crippen molar-refractivity contribution >= 4 is 23.2 Å². The van der Waals surface area contributed by atoms with Gasteiger partial charge in [0.2, 0.25) is 11.8 Å². The minimum Gasteiger partial charge on any atom is -0.406 e. The summed E-state index contributed by atoms with van der Waals surface area (Å²) in [6, 6.07) is 13.7. The highest BCUT2D eigenvalue weighted by molar-refractivity contribution is 5.94. The maximum Gasteiger partial charge on any atom is 0.573 e. The average Bonchev–Trinajstić information content (AvgIpc) is 2.55. The molecule has 0 radical (unpaired) electrons. The second kappa shape index (κ2) is 9.04. The summed E-state index contributed by atoms with van der Waals surface area (Å²) >= 11 is 0. The van der Waals surface area contributed by atoms with E-state index in [4.69, 9.17) is 0 Å². The van der Waals surface area contributed by atoms with Crippen LogP contribution >= 0.6 is 0 Å². The predicted molar refractivity (Wildman–Crippen MR) is 94.3 cm³/mol. The van der Waals surface area contributed by atoms with Crippen LogP contribution in [-0.2, 0) is 9.59 Å². The van der Waals surface area contributed by atoms with Crippen LogP contribution in [0.2, 0.25) is 0 Å². The number of benzene rings is 2. The highest BCUT2D eigenvalue weighted by Crippen LogP contribution is 2.23. The maximum absolute atomic E-state index is 12.1. The second-order valence-electron chi connectivity index (χ2n) is 5.71. The van der Waals surface area contributed by atoms with Gasteiger partial charge in [0.1, 0.15) is 5.75 Å². The van der Waals surface area contributed by atoms with E-state index in [0.717, 1.165) is 12.1 Å². The van der Waals surface area contributed by atoms with Gasteiger partial charge in [-0.05, 0) is 43.4 Å². The van der Waals surface area contributed by atoms with E-state index in [1.807, 2.05) is 6.07 Å². The number of likely N-dealkylation sites (N-methyl/N-ethyl adjacent to an activating group) is 1. The van der Waals surface area contributed by atoms with Crippen molar-refractivity contribution in [3.05, 3.63) is 54.6 Å². The summed E-state index contributed by atoms with van der Waals surface area (Å²) in [6.07, 6.45) is -4.77. The molecule has 0 bridgehead atoms. The number of nitrogens with one attached hydrogen (secondary N) is 2. The van der Waals surface area contributed by atoms with Crippen molar-refractivity contribution < 1.29 is 27.5 Å². The number of amides is 2. The second-order valence-corrected chi connectivity index (χ2v) is 5.71. The average molecular weight is 381 g/mol. The molecule has 0 saturated carbocycles. The molecule has 2 amide bonds. The molecular formula is C18H18F3N3O3. The van der Waals surface area contributed by atoms with Crippen molar-refractivity contribution in [2.75, 3.05) is 30.8 Å². The highest BCUT2D eigenvalue weighted by atomic mass is 19.4. The predicted octanol–water partition coefficient (Wildman–Crippen LogP) is 3.09. The number of rotatable bonds is 7. The number of ether oxygens (including phenoxy) is 1. The number of hydrogen-bond acceptors (Lipinski definition) is 4. The molecule has 0 aliphatic carbocycles. The lowest BCUT2D eigenvalue weighted by atomic mass is 10.3. The molecule has 0 unspecified atom stereocenters. The van der Waals surface area contributed by atoms with E-state index in [1.54, 1.807) is 31.3 Å². The van der Waals surface area contributed by atoms with Gasteiger partial charge in [-0.2, -0.15) is 0 Å². The monoisotopic (exact) mass is 381 g/mol. The Morgan fingerprint density at radius 2 is 1.37 bits per heavy atom. The molecule has 0 atom stereocenters. The van der Waals surface area contributed by atoms with Gasteiger partial charge in [0.25, 0.3) is 0 Å². The number of hydrogen-bond donors (Lipinski definition) is 2. The van der Waals surface area contributed by atoms with Gasteiger partial charge in [-0.25, -0.2) is 0 Å². The van der Waals surface area contributed by atoms with Crippen LogP contribution in [-0.4, -0.2) is 43.2 Å². The van der Waals surface area contributed by atoms with E-state index >= 15 is 0 Å². The van der Waals surface area contributed by atoms with Crippen LogP contribution in [0.4, 0.5) is 24.5 Å². The lowest BCUT2D eigenvalue weighted by Crippen LogP contribution is -2.36. The van der Waals surface area contributed by atoms with Crippen LogP contribution < -0.4 is 15.4 Å². The first-order valence-electron chi connectivity index (χ1n) is 7.90. The summed E-state index contributed by atoms with van der Waals surface area (Å²) in [4.78, 5) is 25.4. The quantitative estimate of drug-likeness (QED) is 0.773. The van der Waals surface area contributed by atoms with Crippen molar-refractivity contribution in [3.8, 4) is 5.75 Å². The van der Waals surface area contributed by atoms with Crippen molar-refractivity contribution in [1.29, 1.82) is 0 Å². The molecule has 0 aliphatic rings. The first-order chi connectivity index (χ1) is 12.7. The molecule has 2 aromatic carbocycles. The number of halogens is 3. The van der Waals surface area contributed by atoms with Gasteiger partial charge in [0.15, 0.2) is 0 Å². The van der Waals surface area contributed by atoms with E-state index in [1.165, 1.54) is 17.0 Å². The molecule has 2 N–H and O–H groups in total. The zero-order valence-electron chi connectivity index (χ0n) is 14.4. The van der Waals surface area contributed by atoms with Crippen LogP contribution in [0.15, 0.2) is 54.6 Å². The normalized spacial score (nSPS) is 11.1. The fourth-order valence-corrected chi connectivity index (χ4v) is 2.21. The standard InChI is InChI=1S/C18H18F3N3O3/c1-24(11-16(25)22-13-5-3-2-4-6-13)12-17(26)23-14-7-9-15(10-8-14)27-18(19,20)21/h2-10H,11-12H2,1H3,(H,22,25)(H,23,26). The first-order valence-corrected chi connectivity index (χ1v) is 7.90. The molecule has 27 heavy (non-hydrogen) atoms. The molecule has 0 heterocycles. The summed E-state index contributed by atoms with van der Waals surface area (Å²) in [5.41, 5.74) is 0.971. The van der Waals surface area contributed by atoms with Gasteiger partial charge in [-0.3, -0.25) is 14.5 Å². The fraction of sp³-hybridized carbons (Fsp3) is 0.222. The summed E-state index contributed by atoms with van der Waals surface area (Å²) in [5.74, 6) is -1.06. The van der Waals surface area contributed by atoms with Crippen LogP contribution in [0.5, 0.6) is 5.75 Å². The Balaban J connectivity index is 1.78. The van der Waals surface area contributed by atoms with Gasteiger partial charge in [-0.1, -0.05) is 18.2 Å². The van der Waals surface area contributed by atoms with Crippen LogP contribution in [0.3, 0.4) is 0 Å². The topological polar surface area (TPSA) is 70.7 Å². The largest absolute Gasteiger partial charge is 0.573 e. The summed E-state index contributed by atoms with van der Waals surface area (Å²) < 4.78 is 40.1. The van der Waals surface area contributed by atoms with E-state index < -0.39 is 12.3 Å². The Labute approximate surface area is 153 Å². The van der Waals surface area contributed by atoms with E-state index in [0.29, 0.717) is 11.4 Å². The molecule has 0 fully saturated rings. The molecule has 0 aliphatic heterocycles. The van der Waals surface area contributed by atoms with Crippen molar-refractivity contribution in [3.63, 3.8) is 0 Å². The molecule has 0 spiro atoms. The summed E-state index contributed by atoms with van der Waals surface area (Å²) in [7, 11) is 1.60. The smallest absolute Gasteiger partial charge is 0.406 e. The Kier molecular flexibility index (Phi) is 6.78. The zero-order chi connectivity index (χ0) is 19.9. The third-order valence-electron chi connectivity index (χ3n) is 3.26. The van der Waals surface area contributed by atoms with Crippen LogP contribution in [0.25, 0.3) is 0 Å². The van der Waals surface area contributed by atoms with Gasteiger partial charge in [0.05, 0.1) is 13.1 Å². The fourth-order valence-electron chi connectivity index (χ4n) is 2.21. The van der Waals surface area contributed by atoms with Crippen molar-refractivity contribution in [2.45, 2.75) is 6.36 Å². The number of para-hydroxylation sites is 1. The number of nitrogens with zero attached hydrogens (tertiary/aromatic N) is 1. The summed E-state index contributed by atoms with van der Waals surface area (Å²) in [6.45, 7) is -0.0658. The molecular weight excluding hydrogens is 363 g/mol. The van der Waals surface area contributed by atoms with E-state index in [9.17, 15) is 22.8 Å². The van der Waals surface area contributed by atoms with E-state index in [2.05, 4.69) is 15.4 Å². The van der Waals surface area contributed by atoms with Gasteiger partial charge in [-0.15, -0.1) is 13.2 Å².